The normalized spacial score (nSPS) is 17.8. The van der Waals surface area contributed by atoms with E-state index in [4.69, 9.17) is 14.3 Å². The van der Waals surface area contributed by atoms with Crippen molar-refractivity contribution in [3.05, 3.63) is 59.8 Å². The van der Waals surface area contributed by atoms with E-state index < -0.39 is 34.9 Å². The van der Waals surface area contributed by atoms with E-state index >= 15 is 0 Å². The number of rotatable bonds is 11. The molecule has 3 rings (SSSR count). The number of ether oxygens (including phenoxy) is 2. The van der Waals surface area contributed by atoms with Crippen LogP contribution >= 0.6 is 0 Å². The van der Waals surface area contributed by atoms with Gasteiger partial charge in [-0.1, -0.05) is 56.3 Å². The zero-order valence-electron chi connectivity index (χ0n) is 22.9. The lowest BCUT2D eigenvalue weighted by Gasteiger charge is -2.27. The number of carbonyl (C=O) groups is 3. The lowest BCUT2D eigenvalue weighted by atomic mass is 9.87. The van der Waals surface area contributed by atoms with Crippen molar-refractivity contribution in [1.82, 2.24) is 10.3 Å². The molecule has 1 aromatic carbocycles. The molecule has 2 atom stereocenters. The first-order chi connectivity index (χ1) is 17.9. The van der Waals surface area contributed by atoms with E-state index in [0.717, 1.165) is 11.1 Å². The van der Waals surface area contributed by atoms with Crippen molar-refractivity contribution in [3.8, 4) is 5.88 Å². The van der Waals surface area contributed by atoms with Gasteiger partial charge in [0.25, 0.3) is 5.91 Å². The second-order valence-corrected chi connectivity index (χ2v) is 10.6. The third-order valence-electron chi connectivity index (χ3n) is 6.15. The zero-order chi connectivity index (χ0) is 27.9. The molecular formula is C29H37N3O6. The van der Waals surface area contributed by atoms with Gasteiger partial charge in [-0.3, -0.25) is 14.4 Å². The highest BCUT2D eigenvalue weighted by atomic mass is 16.7. The van der Waals surface area contributed by atoms with E-state index in [9.17, 15) is 14.4 Å². The smallest absolute Gasteiger partial charge is 0.308 e. The van der Waals surface area contributed by atoms with E-state index in [1.165, 1.54) is 6.20 Å². The van der Waals surface area contributed by atoms with Crippen molar-refractivity contribution in [1.29, 1.82) is 0 Å². The Hall–Kier alpha value is -3.75. The van der Waals surface area contributed by atoms with Gasteiger partial charge < -0.3 is 19.6 Å². The maximum Gasteiger partial charge on any atom is 0.308 e. The number of hydrogen-bond donors (Lipinski definition) is 1. The number of amides is 1. The van der Waals surface area contributed by atoms with E-state index in [-0.39, 0.29) is 31.2 Å². The topological polar surface area (TPSA) is 116 Å². The number of nitrogens with one attached hydrogen (secondary N) is 1. The first-order valence-electron chi connectivity index (χ1n) is 12.9. The van der Waals surface area contributed by atoms with Crippen LogP contribution in [0.15, 0.2) is 53.8 Å². The number of ketones is 1. The quantitative estimate of drug-likeness (QED) is 0.436. The number of hydrogen-bond acceptors (Lipinski definition) is 8. The van der Waals surface area contributed by atoms with Gasteiger partial charge in [-0.25, -0.2) is 4.98 Å². The van der Waals surface area contributed by atoms with Gasteiger partial charge in [0.15, 0.2) is 12.4 Å². The Kier molecular flexibility index (Phi) is 9.25. The monoisotopic (exact) mass is 523 g/mol. The molecule has 0 radical (unpaired) electrons. The number of benzene rings is 1. The van der Waals surface area contributed by atoms with E-state index in [1.807, 2.05) is 31.2 Å². The fourth-order valence-electron chi connectivity index (χ4n) is 4.12. The van der Waals surface area contributed by atoms with Gasteiger partial charge in [0.05, 0.1) is 12.1 Å². The van der Waals surface area contributed by atoms with Crippen molar-refractivity contribution in [2.45, 2.75) is 84.0 Å². The summed E-state index contributed by atoms with van der Waals surface area (Å²) in [6.07, 6.45) is 1.73. The molecule has 0 bridgehead atoms. The molecule has 204 valence electrons. The summed E-state index contributed by atoms with van der Waals surface area (Å²) in [5, 5.41) is 7.00. The van der Waals surface area contributed by atoms with Gasteiger partial charge in [-0.2, -0.15) is 0 Å². The maximum absolute atomic E-state index is 13.6. The van der Waals surface area contributed by atoms with Crippen LogP contribution < -0.4 is 10.1 Å². The van der Waals surface area contributed by atoms with Crippen LogP contribution in [0.5, 0.6) is 5.88 Å². The minimum Gasteiger partial charge on any atom is -0.470 e. The summed E-state index contributed by atoms with van der Waals surface area (Å²) in [7, 11) is 0. The molecule has 1 aromatic heterocycles. The van der Waals surface area contributed by atoms with Gasteiger partial charge in [0.2, 0.25) is 11.5 Å². The Morgan fingerprint density at radius 2 is 1.82 bits per heavy atom. The maximum atomic E-state index is 13.6. The molecular weight excluding hydrogens is 486 g/mol. The first-order valence-corrected chi connectivity index (χ1v) is 12.9. The molecule has 1 amide bonds. The van der Waals surface area contributed by atoms with Crippen LogP contribution in [-0.2, 0) is 24.0 Å². The summed E-state index contributed by atoms with van der Waals surface area (Å²) in [5.74, 6) is -1.12. The molecule has 0 fully saturated rings. The molecule has 0 aliphatic carbocycles. The second-order valence-electron chi connectivity index (χ2n) is 10.6. The Balaban J connectivity index is 1.77. The Morgan fingerprint density at radius 1 is 1.11 bits per heavy atom. The minimum absolute atomic E-state index is 0.233. The second kappa shape index (κ2) is 12.2. The van der Waals surface area contributed by atoms with Crippen LogP contribution in [0, 0.1) is 0 Å². The van der Waals surface area contributed by atoms with Crippen molar-refractivity contribution in [2.24, 2.45) is 5.16 Å². The number of nitrogens with zero attached hydrogens (tertiary/aromatic N) is 2. The number of oxime groups is 1. The number of esters is 1. The fourth-order valence-corrected chi connectivity index (χ4v) is 4.12. The molecule has 0 saturated heterocycles. The molecule has 2 aromatic rings. The third kappa shape index (κ3) is 7.40. The molecule has 1 unspecified atom stereocenters. The predicted molar refractivity (Wildman–Crippen MR) is 143 cm³/mol. The van der Waals surface area contributed by atoms with Crippen molar-refractivity contribution >= 4 is 23.4 Å². The minimum atomic E-state index is -1.31. The number of carbonyl (C=O) groups excluding carboxylic acids is 3. The van der Waals surface area contributed by atoms with Crippen LogP contribution in [0.3, 0.4) is 0 Å². The molecule has 0 saturated carbocycles. The summed E-state index contributed by atoms with van der Waals surface area (Å²) in [6, 6.07) is 11.8. The van der Waals surface area contributed by atoms with Crippen LogP contribution in [0.1, 0.15) is 77.8 Å². The Bertz CT molecular complexity index is 1170. The SMILES string of the molecule is CCC1(C(=O)N[C@@H](CC(=O)OC(C)(C)C)C(=O)COc2ccccn2)CC(c2ccccc2C(C)C)=NO1. The number of pyridine rings is 1. The van der Waals surface area contributed by atoms with Gasteiger partial charge in [-0.15, -0.1) is 0 Å². The molecule has 1 aliphatic rings. The molecule has 9 heteroatoms. The van der Waals surface area contributed by atoms with Gasteiger partial charge in [-0.05, 0) is 44.7 Å². The average Bonchev–Trinajstić information content (AvgIpc) is 3.32. The summed E-state index contributed by atoms with van der Waals surface area (Å²) in [5.41, 5.74) is 0.640. The molecule has 0 spiro atoms. The van der Waals surface area contributed by atoms with Crippen LogP contribution in [0.4, 0.5) is 0 Å². The molecule has 1 N–H and O–H groups in total. The Morgan fingerprint density at radius 3 is 2.45 bits per heavy atom. The van der Waals surface area contributed by atoms with Gasteiger partial charge >= 0.3 is 5.97 Å². The summed E-state index contributed by atoms with van der Waals surface area (Å²) < 4.78 is 10.9. The van der Waals surface area contributed by atoms with E-state index in [2.05, 4.69) is 29.3 Å². The average molecular weight is 524 g/mol. The highest BCUT2D eigenvalue weighted by Crippen LogP contribution is 2.33. The zero-order valence-corrected chi connectivity index (χ0v) is 22.9. The largest absolute Gasteiger partial charge is 0.470 e. The lowest BCUT2D eigenvalue weighted by molar-refractivity contribution is -0.157. The molecule has 2 heterocycles. The molecule has 38 heavy (non-hydrogen) atoms. The summed E-state index contributed by atoms with van der Waals surface area (Å²) in [6.45, 7) is 10.8. The molecule has 1 aliphatic heterocycles. The van der Waals surface area contributed by atoms with Crippen LogP contribution in [-0.4, -0.2) is 52.2 Å². The first kappa shape index (κ1) is 28.8. The van der Waals surface area contributed by atoms with E-state index in [1.54, 1.807) is 39.0 Å². The van der Waals surface area contributed by atoms with Gasteiger partial charge in [0.1, 0.15) is 11.6 Å². The highest BCUT2D eigenvalue weighted by molar-refractivity contribution is 6.07. The summed E-state index contributed by atoms with van der Waals surface area (Å²) in [4.78, 5) is 49.1. The highest BCUT2D eigenvalue weighted by Gasteiger charge is 2.47. The number of Topliss-reactive ketones (excluding diaryl/α,β-unsaturated/α-hetero) is 1. The molecule has 9 nitrogen and oxygen atoms in total. The van der Waals surface area contributed by atoms with E-state index in [0.29, 0.717) is 12.1 Å². The lowest BCUT2D eigenvalue weighted by Crippen LogP contribution is -2.54. The summed E-state index contributed by atoms with van der Waals surface area (Å²) >= 11 is 0. The number of aromatic nitrogens is 1. The predicted octanol–water partition coefficient (Wildman–Crippen LogP) is 4.34. The van der Waals surface area contributed by atoms with Crippen LogP contribution in [0.25, 0.3) is 0 Å². The third-order valence-corrected chi connectivity index (χ3v) is 6.15. The van der Waals surface area contributed by atoms with Crippen LogP contribution in [0.2, 0.25) is 0 Å². The Labute approximate surface area is 223 Å². The van der Waals surface area contributed by atoms with Gasteiger partial charge in [0, 0.05) is 24.2 Å². The fraction of sp³-hybridized carbons (Fsp3) is 0.483. The van der Waals surface area contributed by atoms with Crippen molar-refractivity contribution < 1.29 is 28.7 Å². The van der Waals surface area contributed by atoms with Crippen molar-refractivity contribution in [3.63, 3.8) is 0 Å². The van der Waals surface area contributed by atoms with Crippen molar-refractivity contribution in [2.75, 3.05) is 6.61 Å². The standard InChI is InChI=1S/C29H37N3O6/c1-7-29(17-23(32-38-29)21-13-9-8-12-20(21)19(2)3)27(35)31-22(16-26(34)37-28(4,5)6)24(33)18-36-25-14-10-11-15-30-25/h8-15,19,22H,7,16-18H2,1-6H3,(H,31,35)/t22-,29?/m0/s1.